The number of hydrogen-bond donors (Lipinski definition) is 0. The Morgan fingerprint density at radius 2 is 1.73 bits per heavy atom. The fourth-order valence-electron chi connectivity index (χ4n) is 0.832. The van der Waals surface area contributed by atoms with Crippen molar-refractivity contribution in [2.75, 3.05) is 0 Å². The summed E-state index contributed by atoms with van der Waals surface area (Å²) >= 11 is 0. The normalized spacial score (nSPS) is 19.0. The van der Waals surface area contributed by atoms with Gasteiger partial charge in [-0.05, 0) is 0 Å². The molecule has 0 atom stereocenters. The van der Waals surface area contributed by atoms with Crippen molar-refractivity contribution in [3.8, 4) is 0 Å². The molecule has 1 rings (SSSR count). The zero-order chi connectivity index (χ0) is 11.6. The molecule has 7 heteroatoms. The first-order valence-electron chi connectivity index (χ1n) is 4.04. The van der Waals surface area contributed by atoms with E-state index in [0.717, 1.165) is 6.92 Å². The Labute approximate surface area is 85.0 Å². The standard InChI is InChI=1S/C8H9NO6/c1-4(10)15-9-5-6(11)13-8(2,3)14-7(5)12/h1-3H3. The van der Waals surface area contributed by atoms with Crippen molar-refractivity contribution in [3.05, 3.63) is 0 Å². The van der Waals surface area contributed by atoms with Crippen LogP contribution in [0.1, 0.15) is 20.8 Å². The third-order valence-electron chi connectivity index (χ3n) is 1.33. The van der Waals surface area contributed by atoms with E-state index in [-0.39, 0.29) is 0 Å². The number of rotatable bonds is 1. The van der Waals surface area contributed by atoms with Crippen LogP contribution in [0.4, 0.5) is 0 Å². The third-order valence-corrected chi connectivity index (χ3v) is 1.33. The van der Waals surface area contributed by atoms with Gasteiger partial charge in [0.05, 0.1) is 0 Å². The lowest BCUT2D eigenvalue weighted by atomic mass is 10.3. The number of esters is 2. The zero-order valence-corrected chi connectivity index (χ0v) is 8.40. The molecule has 1 saturated heterocycles. The van der Waals surface area contributed by atoms with E-state index in [0.29, 0.717) is 0 Å². The summed E-state index contributed by atoms with van der Waals surface area (Å²) in [6, 6.07) is 0. The van der Waals surface area contributed by atoms with Crippen LogP contribution in [-0.4, -0.2) is 29.4 Å². The van der Waals surface area contributed by atoms with E-state index < -0.39 is 29.4 Å². The maximum atomic E-state index is 11.2. The molecule has 0 aliphatic carbocycles. The van der Waals surface area contributed by atoms with Crippen LogP contribution < -0.4 is 0 Å². The van der Waals surface area contributed by atoms with E-state index in [4.69, 9.17) is 0 Å². The number of hydrogen-bond acceptors (Lipinski definition) is 7. The highest BCUT2D eigenvalue weighted by atomic mass is 16.7. The molecule has 0 spiro atoms. The molecule has 0 aromatic heterocycles. The summed E-state index contributed by atoms with van der Waals surface area (Å²) in [5.74, 6) is -4.06. The average Bonchev–Trinajstić information content (AvgIpc) is 1.98. The first kappa shape index (κ1) is 11.2. The number of ether oxygens (including phenoxy) is 2. The highest BCUT2D eigenvalue weighted by molar-refractivity contribution is 6.63. The smallest absolute Gasteiger partial charge is 0.371 e. The summed E-state index contributed by atoms with van der Waals surface area (Å²) < 4.78 is 9.37. The molecule has 0 saturated carbocycles. The molecule has 0 radical (unpaired) electrons. The van der Waals surface area contributed by atoms with Gasteiger partial charge in [0.2, 0.25) is 0 Å². The van der Waals surface area contributed by atoms with Crippen LogP contribution in [0.5, 0.6) is 0 Å². The first-order valence-corrected chi connectivity index (χ1v) is 4.04. The van der Waals surface area contributed by atoms with Gasteiger partial charge in [0.1, 0.15) is 0 Å². The van der Waals surface area contributed by atoms with Crippen molar-refractivity contribution in [2.24, 2.45) is 5.16 Å². The lowest BCUT2D eigenvalue weighted by molar-refractivity contribution is -0.215. The molecule has 0 bridgehead atoms. The molecule has 1 heterocycles. The second-order valence-corrected chi connectivity index (χ2v) is 3.20. The second kappa shape index (κ2) is 3.68. The van der Waals surface area contributed by atoms with Gasteiger partial charge in [-0.25, -0.2) is 14.4 Å². The number of nitrogens with zero attached hydrogens (tertiary/aromatic N) is 1. The van der Waals surface area contributed by atoms with E-state index in [9.17, 15) is 14.4 Å². The zero-order valence-electron chi connectivity index (χ0n) is 8.40. The fourth-order valence-corrected chi connectivity index (χ4v) is 0.832. The highest BCUT2D eigenvalue weighted by Crippen LogP contribution is 2.17. The molecule has 1 aliphatic rings. The first-order chi connectivity index (χ1) is 6.82. The quantitative estimate of drug-likeness (QED) is 0.340. The maximum absolute atomic E-state index is 11.2. The Morgan fingerprint density at radius 1 is 1.27 bits per heavy atom. The van der Waals surface area contributed by atoms with Gasteiger partial charge in [0, 0.05) is 20.8 Å². The fraction of sp³-hybridized carbons (Fsp3) is 0.500. The van der Waals surface area contributed by atoms with E-state index in [1.165, 1.54) is 13.8 Å². The van der Waals surface area contributed by atoms with Crippen LogP contribution in [0.3, 0.4) is 0 Å². The lowest BCUT2D eigenvalue weighted by Crippen LogP contribution is -2.46. The van der Waals surface area contributed by atoms with Gasteiger partial charge in [-0.2, -0.15) is 0 Å². The Kier molecular flexibility index (Phi) is 2.74. The van der Waals surface area contributed by atoms with Gasteiger partial charge in [-0.1, -0.05) is 5.16 Å². The molecule has 1 aliphatic heterocycles. The summed E-state index contributed by atoms with van der Waals surface area (Å²) in [5.41, 5.74) is -0.690. The molecular formula is C8H9NO6. The molecule has 15 heavy (non-hydrogen) atoms. The Balaban J connectivity index is 2.84. The molecule has 7 nitrogen and oxygen atoms in total. The van der Waals surface area contributed by atoms with Gasteiger partial charge < -0.3 is 14.3 Å². The molecule has 0 N–H and O–H groups in total. The number of oxime groups is 1. The second-order valence-electron chi connectivity index (χ2n) is 3.20. The monoisotopic (exact) mass is 215 g/mol. The molecular weight excluding hydrogens is 206 g/mol. The van der Waals surface area contributed by atoms with E-state index in [1.54, 1.807) is 0 Å². The molecule has 82 valence electrons. The molecule has 1 fully saturated rings. The van der Waals surface area contributed by atoms with Crippen molar-refractivity contribution in [3.63, 3.8) is 0 Å². The summed E-state index contributed by atoms with van der Waals surface area (Å²) in [6.45, 7) is 3.87. The van der Waals surface area contributed by atoms with Gasteiger partial charge in [-0.3, -0.25) is 0 Å². The lowest BCUT2D eigenvalue weighted by Gasteiger charge is -2.28. The van der Waals surface area contributed by atoms with Gasteiger partial charge in [0.25, 0.3) is 11.5 Å². The Hall–Kier alpha value is -1.92. The molecule has 0 unspecified atom stereocenters. The third kappa shape index (κ3) is 2.76. The summed E-state index contributed by atoms with van der Waals surface area (Å²) in [6.07, 6.45) is 0. The maximum Gasteiger partial charge on any atom is 0.371 e. The molecule has 0 aromatic rings. The predicted octanol–water partition coefficient (Wildman–Crippen LogP) is -0.258. The van der Waals surface area contributed by atoms with Crippen molar-refractivity contribution >= 4 is 23.6 Å². The minimum atomic E-state index is -1.33. The number of carbonyl (C=O) groups excluding carboxylic acids is 3. The van der Waals surface area contributed by atoms with E-state index >= 15 is 0 Å². The minimum Gasteiger partial charge on any atom is -0.418 e. The minimum absolute atomic E-state index is 0.690. The van der Waals surface area contributed by atoms with Crippen molar-refractivity contribution in [2.45, 2.75) is 26.6 Å². The summed E-state index contributed by atoms with van der Waals surface area (Å²) in [7, 11) is 0. The van der Waals surface area contributed by atoms with E-state index in [2.05, 4.69) is 19.5 Å². The predicted molar refractivity (Wildman–Crippen MR) is 45.5 cm³/mol. The topological polar surface area (TPSA) is 91.3 Å². The van der Waals surface area contributed by atoms with Gasteiger partial charge in [0.15, 0.2) is 0 Å². The molecule has 0 aromatic carbocycles. The number of cyclic esters (lactones) is 2. The van der Waals surface area contributed by atoms with Crippen molar-refractivity contribution in [1.82, 2.24) is 0 Å². The van der Waals surface area contributed by atoms with Crippen molar-refractivity contribution in [1.29, 1.82) is 0 Å². The highest BCUT2D eigenvalue weighted by Gasteiger charge is 2.41. The van der Waals surface area contributed by atoms with Crippen LogP contribution in [0.25, 0.3) is 0 Å². The van der Waals surface area contributed by atoms with Crippen LogP contribution in [0, 0.1) is 0 Å². The van der Waals surface area contributed by atoms with Crippen LogP contribution in [-0.2, 0) is 28.7 Å². The summed E-state index contributed by atoms with van der Waals surface area (Å²) in [4.78, 5) is 36.9. The van der Waals surface area contributed by atoms with Gasteiger partial charge >= 0.3 is 17.9 Å². The van der Waals surface area contributed by atoms with Crippen LogP contribution in [0.2, 0.25) is 0 Å². The number of carbonyl (C=O) groups is 3. The van der Waals surface area contributed by atoms with Crippen LogP contribution >= 0.6 is 0 Å². The van der Waals surface area contributed by atoms with Gasteiger partial charge in [-0.15, -0.1) is 0 Å². The SMILES string of the molecule is CC(=O)ON=C1C(=O)OC(C)(C)OC1=O. The Bertz CT molecular complexity index is 334. The molecule has 0 amide bonds. The van der Waals surface area contributed by atoms with Crippen molar-refractivity contribution < 1.29 is 28.7 Å². The largest absolute Gasteiger partial charge is 0.418 e. The Morgan fingerprint density at radius 3 is 2.13 bits per heavy atom. The van der Waals surface area contributed by atoms with E-state index in [1.807, 2.05) is 0 Å². The average molecular weight is 215 g/mol. The van der Waals surface area contributed by atoms with Crippen LogP contribution in [0.15, 0.2) is 5.16 Å². The summed E-state index contributed by atoms with van der Waals surface area (Å²) in [5, 5.41) is 3.03.